The van der Waals surface area contributed by atoms with Crippen LogP contribution in [0, 0.1) is 6.92 Å². The summed E-state index contributed by atoms with van der Waals surface area (Å²) in [6, 6.07) is 30.8. The van der Waals surface area contributed by atoms with Crippen LogP contribution in [0.3, 0.4) is 0 Å². The molecule has 5 heteroatoms. The Hall–Kier alpha value is -4.64. The Labute approximate surface area is 209 Å². The van der Waals surface area contributed by atoms with Gasteiger partial charge in [-0.05, 0) is 47.4 Å². The number of esters is 1. The lowest BCUT2D eigenvalue weighted by atomic mass is 10.0. The van der Waals surface area contributed by atoms with Crippen molar-refractivity contribution < 1.29 is 23.8 Å². The predicted molar refractivity (Wildman–Crippen MR) is 138 cm³/mol. The van der Waals surface area contributed by atoms with Gasteiger partial charge in [0.2, 0.25) is 5.78 Å². The van der Waals surface area contributed by atoms with E-state index in [9.17, 15) is 9.59 Å². The standard InChI is InChI=1S/C31H24O5/c1-21-27(34-20-29(32)35-19-23-8-4-2-5-9-23)17-16-26-30(33)28(36-31(21)26)18-22-12-14-25(15-13-22)24-10-6-3-7-11-24/h2-18H,19-20H2,1H3/b28-18-. The van der Waals surface area contributed by atoms with Crippen molar-refractivity contribution in [1.29, 1.82) is 0 Å². The van der Waals surface area contributed by atoms with Gasteiger partial charge in [-0.1, -0.05) is 84.9 Å². The highest BCUT2D eigenvalue weighted by Crippen LogP contribution is 2.39. The molecule has 0 N–H and O–H groups in total. The van der Waals surface area contributed by atoms with Crippen LogP contribution in [0.25, 0.3) is 17.2 Å². The first kappa shape index (κ1) is 23.1. The van der Waals surface area contributed by atoms with E-state index in [1.54, 1.807) is 25.1 Å². The van der Waals surface area contributed by atoms with Gasteiger partial charge in [0.15, 0.2) is 12.4 Å². The molecule has 1 aliphatic rings. The second-order valence-corrected chi connectivity index (χ2v) is 8.43. The van der Waals surface area contributed by atoms with Gasteiger partial charge < -0.3 is 14.2 Å². The largest absolute Gasteiger partial charge is 0.481 e. The van der Waals surface area contributed by atoms with Crippen molar-refractivity contribution in [3.8, 4) is 22.6 Å². The zero-order valence-electron chi connectivity index (χ0n) is 19.8. The van der Waals surface area contributed by atoms with Crippen molar-refractivity contribution in [2.24, 2.45) is 0 Å². The summed E-state index contributed by atoms with van der Waals surface area (Å²) in [5.41, 5.74) is 5.11. The summed E-state index contributed by atoms with van der Waals surface area (Å²) in [6.45, 7) is 1.75. The SMILES string of the molecule is Cc1c(OCC(=O)OCc2ccccc2)ccc2c1O/C(=C\c1ccc(-c3ccccc3)cc1)C2=O. The molecule has 36 heavy (non-hydrogen) atoms. The lowest BCUT2D eigenvalue weighted by Gasteiger charge is -2.11. The molecule has 0 aliphatic carbocycles. The molecule has 4 aromatic carbocycles. The van der Waals surface area contributed by atoms with Crippen LogP contribution < -0.4 is 9.47 Å². The van der Waals surface area contributed by atoms with Crippen LogP contribution in [-0.2, 0) is 16.1 Å². The number of hydrogen-bond donors (Lipinski definition) is 0. The average molecular weight is 477 g/mol. The highest BCUT2D eigenvalue weighted by molar-refractivity contribution is 6.15. The Morgan fingerprint density at radius 1 is 0.833 bits per heavy atom. The molecule has 0 fully saturated rings. The van der Waals surface area contributed by atoms with E-state index in [1.807, 2.05) is 72.8 Å². The monoisotopic (exact) mass is 476 g/mol. The van der Waals surface area contributed by atoms with Crippen LogP contribution in [0.1, 0.15) is 27.0 Å². The van der Waals surface area contributed by atoms with Crippen LogP contribution in [0.15, 0.2) is 103 Å². The minimum absolute atomic E-state index is 0.185. The number of hydrogen-bond acceptors (Lipinski definition) is 5. The third-order valence-electron chi connectivity index (χ3n) is 5.94. The molecule has 5 nitrogen and oxygen atoms in total. The van der Waals surface area contributed by atoms with E-state index in [0.717, 1.165) is 22.3 Å². The lowest BCUT2D eigenvalue weighted by molar-refractivity contribution is -0.147. The molecule has 4 aromatic rings. The third kappa shape index (κ3) is 5.05. The van der Waals surface area contributed by atoms with Gasteiger partial charge in [-0.2, -0.15) is 0 Å². The molecule has 0 unspecified atom stereocenters. The topological polar surface area (TPSA) is 61.8 Å². The van der Waals surface area contributed by atoms with Crippen LogP contribution >= 0.6 is 0 Å². The van der Waals surface area contributed by atoms with Gasteiger partial charge in [-0.25, -0.2) is 4.79 Å². The zero-order chi connectivity index (χ0) is 24.9. The Morgan fingerprint density at radius 3 is 2.22 bits per heavy atom. The van der Waals surface area contributed by atoms with E-state index < -0.39 is 5.97 Å². The molecule has 0 radical (unpaired) electrons. The van der Waals surface area contributed by atoms with E-state index in [2.05, 4.69) is 12.1 Å². The maximum atomic E-state index is 12.9. The second kappa shape index (κ2) is 10.3. The zero-order valence-corrected chi connectivity index (χ0v) is 19.8. The number of benzene rings is 4. The summed E-state index contributed by atoms with van der Waals surface area (Å²) in [7, 11) is 0. The number of ketones is 1. The number of carbonyl (C=O) groups is 2. The van der Waals surface area contributed by atoms with Crippen molar-refractivity contribution in [2.45, 2.75) is 13.5 Å². The summed E-state index contributed by atoms with van der Waals surface area (Å²) < 4.78 is 16.9. The van der Waals surface area contributed by atoms with E-state index in [0.29, 0.717) is 22.6 Å². The Bertz CT molecular complexity index is 1420. The van der Waals surface area contributed by atoms with E-state index >= 15 is 0 Å². The fourth-order valence-electron chi connectivity index (χ4n) is 3.99. The first-order valence-electron chi connectivity index (χ1n) is 11.6. The van der Waals surface area contributed by atoms with Gasteiger partial charge in [-0.15, -0.1) is 0 Å². The highest BCUT2D eigenvalue weighted by atomic mass is 16.6. The lowest BCUT2D eigenvalue weighted by Crippen LogP contribution is -2.15. The maximum absolute atomic E-state index is 12.9. The van der Waals surface area contributed by atoms with Gasteiger partial charge in [-0.3, -0.25) is 4.79 Å². The van der Waals surface area contributed by atoms with Crippen LogP contribution in [0.2, 0.25) is 0 Å². The summed E-state index contributed by atoms with van der Waals surface area (Å²) in [4.78, 5) is 25.0. The number of allylic oxidation sites excluding steroid dienone is 1. The number of ether oxygens (including phenoxy) is 3. The predicted octanol–water partition coefficient (Wildman–Crippen LogP) is 6.40. The van der Waals surface area contributed by atoms with E-state index in [1.165, 1.54) is 0 Å². The van der Waals surface area contributed by atoms with Crippen molar-refractivity contribution >= 4 is 17.8 Å². The highest BCUT2D eigenvalue weighted by Gasteiger charge is 2.30. The molecule has 1 aliphatic heterocycles. The van der Waals surface area contributed by atoms with Crippen molar-refractivity contribution in [3.63, 3.8) is 0 Å². The average Bonchev–Trinajstić information content (AvgIpc) is 3.24. The molecule has 0 saturated carbocycles. The molecular weight excluding hydrogens is 452 g/mol. The number of carbonyl (C=O) groups excluding carboxylic acids is 2. The van der Waals surface area contributed by atoms with Crippen LogP contribution in [-0.4, -0.2) is 18.4 Å². The molecule has 178 valence electrons. The molecule has 1 heterocycles. The molecule has 0 spiro atoms. The molecule has 0 aromatic heterocycles. The van der Waals surface area contributed by atoms with Crippen LogP contribution in [0.5, 0.6) is 11.5 Å². The van der Waals surface area contributed by atoms with Gasteiger partial charge >= 0.3 is 5.97 Å². The van der Waals surface area contributed by atoms with Crippen LogP contribution in [0.4, 0.5) is 0 Å². The molecule has 0 amide bonds. The fourth-order valence-corrected chi connectivity index (χ4v) is 3.99. The van der Waals surface area contributed by atoms with E-state index in [-0.39, 0.29) is 24.8 Å². The molecule has 0 atom stereocenters. The number of fused-ring (bicyclic) bond motifs is 1. The molecular formula is C31H24O5. The maximum Gasteiger partial charge on any atom is 0.344 e. The minimum Gasteiger partial charge on any atom is -0.481 e. The first-order chi connectivity index (χ1) is 17.6. The van der Waals surface area contributed by atoms with Gasteiger partial charge in [0.1, 0.15) is 18.1 Å². The van der Waals surface area contributed by atoms with Gasteiger partial charge in [0.25, 0.3) is 0 Å². The molecule has 5 rings (SSSR count). The molecule has 0 saturated heterocycles. The number of Topliss-reactive ketones (excluding diaryl/α,β-unsaturated/α-hetero) is 1. The Morgan fingerprint density at radius 2 is 1.50 bits per heavy atom. The summed E-state index contributed by atoms with van der Waals surface area (Å²) in [5, 5.41) is 0. The Balaban J connectivity index is 1.24. The normalized spacial score (nSPS) is 13.2. The van der Waals surface area contributed by atoms with Crippen molar-refractivity contribution in [1.82, 2.24) is 0 Å². The number of rotatable bonds is 7. The van der Waals surface area contributed by atoms with Crippen molar-refractivity contribution in [2.75, 3.05) is 6.61 Å². The minimum atomic E-state index is -0.477. The quantitative estimate of drug-likeness (QED) is 0.228. The second-order valence-electron chi connectivity index (χ2n) is 8.43. The van der Waals surface area contributed by atoms with E-state index in [4.69, 9.17) is 14.2 Å². The third-order valence-corrected chi connectivity index (χ3v) is 5.94. The summed E-state index contributed by atoms with van der Waals surface area (Å²) in [6.07, 6.45) is 1.73. The fraction of sp³-hybridized carbons (Fsp3) is 0.0968. The molecule has 0 bridgehead atoms. The summed E-state index contributed by atoms with van der Waals surface area (Å²) in [5.74, 6) is 0.498. The summed E-state index contributed by atoms with van der Waals surface area (Å²) >= 11 is 0. The van der Waals surface area contributed by atoms with Gasteiger partial charge in [0, 0.05) is 5.56 Å². The van der Waals surface area contributed by atoms with Gasteiger partial charge in [0.05, 0.1) is 5.56 Å². The van der Waals surface area contributed by atoms with Crippen molar-refractivity contribution in [3.05, 3.63) is 125 Å². The first-order valence-corrected chi connectivity index (χ1v) is 11.6. The Kier molecular flexibility index (Phi) is 6.63. The smallest absolute Gasteiger partial charge is 0.344 e.